The predicted octanol–water partition coefficient (Wildman–Crippen LogP) is 4.87. The number of benzene rings is 3. The molecule has 0 aliphatic carbocycles. The Kier molecular flexibility index (Phi) is 7.59. The summed E-state index contributed by atoms with van der Waals surface area (Å²) in [7, 11) is 3.07. The van der Waals surface area contributed by atoms with Gasteiger partial charge >= 0.3 is 0 Å². The van der Waals surface area contributed by atoms with E-state index in [1.54, 1.807) is 49.6 Å². The molecule has 1 unspecified atom stereocenters. The number of methoxy groups -OCH3 is 2. The molecule has 0 fully saturated rings. The van der Waals surface area contributed by atoms with Crippen molar-refractivity contribution in [1.29, 1.82) is 0 Å². The van der Waals surface area contributed by atoms with E-state index in [1.807, 2.05) is 0 Å². The lowest BCUT2D eigenvalue weighted by Crippen LogP contribution is -2.23. The molecular formula is C21H19ClN2O6S. The van der Waals surface area contributed by atoms with E-state index in [0.717, 1.165) is 5.56 Å². The Morgan fingerprint density at radius 1 is 1.00 bits per heavy atom. The lowest BCUT2D eigenvalue weighted by Gasteiger charge is -2.14. The highest BCUT2D eigenvalue weighted by atomic mass is 35.5. The molecule has 0 amide bonds. The molecule has 0 bridgehead atoms. The standard InChI is InChI=1S/C21H19ClN2O6S/c1-28-17-7-6-14(21(12-17)29-2)13-23-31(27)20-10-16(24(25)26)9-19(11-20)30-18-5-3-4-15(22)8-18/h3-12,23H,13H2,1-2H3. The van der Waals surface area contributed by atoms with Crippen LogP contribution < -0.4 is 18.9 Å². The summed E-state index contributed by atoms with van der Waals surface area (Å²) in [5.74, 6) is 1.76. The number of hydrogen-bond acceptors (Lipinski definition) is 7. The first-order chi connectivity index (χ1) is 14.9. The summed E-state index contributed by atoms with van der Waals surface area (Å²) >= 11 is 4.20. The van der Waals surface area contributed by atoms with E-state index in [2.05, 4.69) is 4.72 Å². The van der Waals surface area contributed by atoms with Crippen molar-refractivity contribution < 1.29 is 23.7 Å². The summed E-state index contributed by atoms with van der Waals surface area (Å²) in [4.78, 5) is 11.0. The number of nitrogens with zero attached hydrogens (tertiary/aromatic N) is 1. The van der Waals surface area contributed by atoms with Gasteiger partial charge in [-0.2, -0.15) is 0 Å². The van der Waals surface area contributed by atoms with Gasteiger partial charge < -0.3 is 18.8 Å². The van der Waals surface area contributed by atoms with Gasteiger partial charge in [-0.15, -0.1) is 4.72 Å². The highest BCUT2D eigenvalue weighted by molar-refractivity contribution is 7.89. The van der Waals surface area contributed by atoms with Crippen LogP contribution in [-0.2, 0) is 17.9 Å². The molecule has 0 heterocycles. The van der Waals surface area contributed by atoms with Crippen LogP contribution in [0, 0.1) is 10.1 Å². The Balaban J connectivity index is 1.80. The summed E-state index contributed by atoms with van der Waals surface area (Å²) in [6, 6.07) is 15.8. The molecule has 0 saturated heterocycles. The molecule has 0 aliphatic heterocycles. The number of nitro groups is 1. The molecule has 3 aromatic carbocycles. The summed E-state index contributed by atoms with van der Waals surface area (Å²) in [6.07, 6.45) is 0. The maximum Gasteiger partial charge on any atom is 0.278 e. The van der Waals surface area contributed by atoms with Gasteiger partial charge in [0.2, 0.25) is 0 Å². The van der Waals surface area contributed by atoms with Crippen molar-refractivity contribution in [2.45, 2.75) is 11.4 Å². The van der Waals surface area contributed by atoms with Gasteiger partial charge in [0.05, 0.1) is 49.2 Å². The second-order valence-electron chi connectivity index (χ2n) is 6.25. The van der Waals surface area contributed by atoms with Crippen molar-refractivity contribution in [2.75, 3.05) is 14.2 Å². The van der Waals surface area contributed by atoms with E-state index in [-0.39, 0.29) is 22.9 Å². The summed E-state index contributed by atoms with van der Waals surface area (Å²) < 4.78 is 31.8. The molecule has 0 spiro atoms. The Bertz CT molecular complexity index is 1080. The zero-order chi connectivity index (χ0) is 22.4. The minimum atomic E-state index is -1.75. The quantitative estimate of drug-likeness (QED) is 0.274. The molecule has 162 valence electrons. The minimum Gasteiger partial charge on any atom is -0.593 e. The van der Waals surface area contributed by atoms with Crippen LogP contribution in [0.5, 0.6) is 23.0 Å². The molecule has 1 N–H and O–H groups in total. The molecule has 3 rings (SSSR count). The number of nitro benzene ring substituents is 1. The number of rotatable bonds is 9. The summed E-state index contributed by atoms with van der Waals surface area (Å²) in [5, 5.41) is 11.8. The second-order valence-corrected chi connectivity index (χ2v) is 7.98. The molecule has 10 heteroatoms. The Morgan fingerprint density at radius 3 is 2.48 bits per heavy atom. The Morgan fingerprint density at radius 2 is 1.81 bits per heavy atom. The number of hydrogen-bond donors (Lipinski definition) is 1. The molecular weight excluding hydrogens is 444 g/mol. The molecule has 0 radical (unpaired) electrons. The average Bonchev–Trinajstić information content (AvgIpc) is 2.77. The van der Waals surface area contributed by atoms with Gasteiger partial charge in [-0.05, 0) is 24.3 Å². The summed E-state index contributed by atoms with van der Waals surface area (Å²) in [5.41, 5.74) is 0.504. The minimum absolute atomic E-state index is 0.170. The fourth-order valence-electron chi connectivity index (χ4n) is 2.72. The molecule has 1 atom stereocenters. The maximum absolute atomic E-state index is 12.8. The molecule has 31 heavy (non-hydrogen) atoms. The fourth-order valence-corrected chi connectivity index (χ4v) is 3.80. The van der Waals surface area contributed by atoms with Crippen molar-refractivity contribution in [3.63, 3.8) is 0 Å². The number of nitrogens with one attached hydrogen (secondary N) is 1. The number of halogens is 1. The van der Waals surface area contributed by atoms with Crippen LogP contribution >= 0.6 is 11.6 Å². The Labute approximate surface area is 187 Å². The van der Waals surface area contributed by atoms with Crippen LogP contribution in [0.4, 0.5) is 5.69 Å². The summed E-state index contributed by atoms with van der Waals surface area (Å²) in [6.45, 7) is 0.201. The van der Waals surface area contributed by atoms with Crippen LogP contribution in [0.2, 0.25) is 5.02 Å². The monoisotopic (exact) mass is 462 g/mol. The lowest BCUT2D eigenvalue weighted by atomic mass is 10.2. The first-order valence-corrected chi connectivity index (χ1v) is 10.5. The van der Waals surface area contributed by atoms with Gasteiger partial charge in [0.25, 0.3) is 5.69 Å². The van der Waals surface area contributed by atoms with E-state index in [9.17, 15) is 14.7 Å². The van der Waals surface area contributed by atoms with E-state index in [0.29, 0.717) is 22.3 Å². The van der Waals surface area contributed by atoms with Gasteiger partial charge in [-0.3, -0.25) is 10.1 Å². The molecule has 0 aromatic heterocycles. The first kappa shape index (κ1) is 22.7. The molecule has 8 nitrogen and oxygen atoms in total. The third-order valence-electron chi connectivity index (χ3n) is 4.21. The van der Waals surface area contributed by atoms with E-state index in [1.165, 1.54) is 25.3 Å². The van der Waals surface area contributed by atoms with Crippen molar-refractivity contribution in [3.8, 4) is 23.0 Å². The normalized spacial score (nSPS) is 11.6. The van der Waals surface area contributed by atoms with Crippen LogP contribution in [0.1, 0.15) is 5.56 Å². The highest BCUT2D eigenvalue weighted by Gasteiger charge is 2.20. The van der Waals surface area contributed by atoms with E-state index >= 15 is 0 Å². The van der Waals surface area contributed by atoms with Crippen LogP contribution in [0.3, 0.4) is 0 Å². The topological polar surface area (TPSA) is 106 Å². The molecule has 0 saturated carbocycles. The van der Waals surface area contributed by atoms with Crippen molar-refractivity contribution in [3.05, 3.63) is 81.4 Å². The van der Waals surface area contributed by atoms with E-state index < -0.39 is 16.3 Å². The maximum atomic E-state index is 12.8. The van der Waals surface area contributed by atoms with Crippen LogP contribution in [0.25, 0.3) is 0 Å². The third kappa shape index (κ3) is 6.02. The fraction of sp³-hybridized carbons (Fsp3) is 0.143. The number of non-ortho nitro benzene ring substituents is 1. The van der Waals surface area contributed by atoms with Gasteiger partial charge in [0, 0.05) is 22.7 Å². The lowest BCUT2D eigenvalue weighted by molar-refractivity contribution is -0.385. The SMILES string of the molecule is COc1ccc(CN[S+]([O-])c2cc(Oc3cccc(Cl)c3)cc([N+](=O)[O-])c2)c(OC)c1. The van der Waals surface area contributed by atoms with Crippen LogP contribution in [-0.4, -0.2) is 23.7 Å². The Hall–Kier alpha value is -2.98. The zero-order valence-corrected chi connectivity index (χ0v) is 18.2. The average molecular weight is 463 g/mol. The van der Waals surface area contributed by atoms with Gasteiger partial charge in [-0.25, -0.2) is 0 Å². The van der Waals surface area contributed by atoms with Gasteiger partial charge in [-0.1, -0.05) is 23.7 Å². The highest BCUT2D eigenvalue weighted by Crippen LogP contribution is 2.31. The van der Waals surface area contributed by atoms with Crippen LogP contribution in [0.15, 0.2) is 65.6 Å². The predicted molar refractivity (Wildman–Crippen MR) is 117 cm³/mol. The third-order valence-corrected chi connectivity index (χ3v) is 5.51. The molecule has 3 aromatic rings. The largest absolute Gasteiger partial charge is 0.593 e. The van der Waals surface area contributed by atoms with Crippen molar-refractivity contribution >= 4 is 28.7 Å². The first-order valence-electron chi connectivity index (χ1n) is 8.98. The zero-order valence-electron chi connectivity index (χ0n) is 16.7. The molecule has 0 aliphatic rings. The van der Waals surface area contributed by atoms with Gasteiger partial charge in [0.15, 0.2) is 4.90 Å². The number of ether oxygens (including phenoxy) is 3. The van der Waals surface area contributed by atoms with Gasteiger partial charge in [0.1, 0.15) is 23.0 Å². The van der Waals surface area contributed by atoms with Crippen molar-refractivity contribution in [1.82, 2.24) is 4.72 Å². The smallest absolute Gasteiger partial charge is 0.278 e. The van der Waals surface area contributed by atoms with Crippen molar-refractivity contribution in [2.24, 2.45) is 0 Å². The van der Waals surface area contributed by atoms with E-state index in [4.69, 9.17) is 25.8 Å². The second kappa shape index (κ2) is 10.4.